The molecule has 0 aliphatic carbocycles. The van der Waals surface area contributed by atoms with Gasteiger partial charge >= 0.3 is 0 Å². The van der Waals surface area contributed by atoms with Crippen LogP contribution < -0.4 is 15.2 Å². The number of fused-ring (bicyclic) bond motifs is 1. The largest absolute Gasteiger partial charge is 0.760 e. The van der Waals surface area contributed by atoms with E-state index in [-0.39, 0.29) is 11.4 Å². The van der Waals surface area contributed by atoms with E-state index in [1.807, 2.05) is 18.2 Å². The van der Waals surface area contributed by atoms with E-state index >= 15 is 0 Å². The van der Waals surface area contributed by atoms with Crippen molar-refractivity contribution in [2.75, 3.05) is 24.5 Å². The highest BCUT2D eigenvalue weighted by Gasteiger charge is 2.26. The average Bonchev–Trinajstić information content (AvgIpc) is 3.18. The molecule has 0 saturated carbocycles. The molecule has 2 atom stereocenters. The van der Waals surface area contributed by atoms with Crippen LogP contribution in [0.3, 0.4) is 0 Å². The first-order valence-corrected chi connectivity index (χ1v) is 10.5. The van der Waals surface area contributed by atoms with E-state index in [0.29, 0.717) is 29.4 Å². The van der Waals surface area contributed by atoms with Gasteiger partial charge in [0.2, 0.25) is 0 Å². The summed E-state index contributed by atoms with van der Waals surface area (Å²) < 4.78 is 38.3. The van der Waals surface area contributed by atoms with E-state index in [9.17, 15) is 17.9 Å². The molecule has 1 fully saturated rings. The Balaban J connectivity index is 1.69. The van der Waals surface area contributed by atoms with Crippen LogP contribution in [0.1, 0.15) is 12.8 Å². The van der Waals surface area contributed by atoms with Crippen molar-refractivity contribution >= 4 is 27.9 Å². The van der Waals surface area contributed by atoms with Gasteiger partial charge in [-0.1, -0.05) is 18.2 Å². The van der Waals surface area contributed by atoms with Crippen LogP contribution in [0, 0.1) is 11.7 Å². The average molecular weight is 415 g/mol. The van der Waals surface area contributed by atoms with Crippen LogP contribution >= 0.6 is 0 Å². The Bertz CT molecular complexity index is 1100. The number of halogens is 1. The summed E-state index contributed by atoms with van der Waals surface area (Å²) in [5.74, 6) is 0.656. The predicted molar refractivity (Wildman–Crippen MR) is 109 cm³/mol. The normalized spacial score (nSPS) is 17.7. The van der Waals surface area contributed by atoms with Gasteiger partial charge in [-0.3, -0.25) is 9.00 Å². The first-order valence-electron chi connectivity index (χ1n) is 9.38. The molecule has 0 radical (unpaired) electrons. The van der Waals surface area contributed by atoms with Crippen molar-refractivity contribution in [3.8, 4) is 5.69 Å². The topological polar surface area (TPSA) is 90.3 Å². The molecule has 1 N–H and O–H groups in total. The van der Waals surface area contributed by atoms with Gasteiger partial charge in [-0.15, -0.1) is 5.10 Å². The molecule has 1 aliphatic rings. The quantitative estimate of drug-likeness (QED) is 0.623. The maximum atomic E-state index is 13.3. The Labute approximate surface area is 169 Å². The lowest BCUT2D eigenvalue weighted by molar-refractivity contribution is 0.499. The summed E-state index contributed by atoms with van der Waals surface area (Å²) in [6, 6.07) is 13.0. The van der Waals surface area contributed by atoms with E-state index in [2.05, 4.69) is 14.7 Å². The van der Waals surface area contributed by atoms with Gasteiger partial charge in [0.1, 0.15) is 5.82 Å². The second-order valence-corrected chi connectivity index (χ2v) is 7.84. The molecule has 152 valence electrons. The highest BCUT2D eigenvalue weighted by atomic mass is 32.2. The molecule has 9 heteroatoms. The summed E-state index contributed by atoms with van der Waals surface area (Å²) >= 11 is -2.25. The zero-order chi connectivity index (χ0) is 20.4. The van der Waals surface area contributed by atoms with Crippen molar-refractivity contribution in [3.05, 3.63) is 64.7 Å². The van der Waals surface area contributed by atoms with Gasteiger partial charge in [-0.25, -0.2) is 9.11 Å². The van der Waals surface area contributed by atoms with Crippen molar-refractivity contribution in [2.45, 2.75) is 12.8 Å². The van der Waals surface area contributed by atoms with Gasteiger partial charge in [-0.2, -0.15) is 4.68 Å². The molecule has 2 unspecified atom stereocenters. The zero-order valence-electron chi connectivity index (χ0n) is 15.6. The highest BCUT2D eigenvalue weighted by Crippen LogP contribution is 2.29. The SMILES string of the molecule is O=c1c2ccccc2c(N2CCC(CCNS(=O)[O-])C2)nn1-c1ccc(F)cc1. The molecule has 3 aromatic rings. The molecule has 29 heavy (non-hydrogen) atoms. The van der Waals surface area contributed by atoms with Crippen molar-refractivity contribution in [1.82, 2.24) is 14.5 Å². The van der Waals surface area contributed by atoms with E-state index < -0.39 is 11.3 Å². The van der Waals surface area contributed by atoms with Crippen LogP contribution in [0.4, 0.5) is 10.2 Å². The number of aromatic nitrogens is 2. The van der Waals surface area contributed by atoms with Gasteiger partial charge in [0, 0.05) is 36.3 Å². The first kappa shape index (κ1) is 19.7. The summed E-state index contributed by atoms with van der Waals surface area (Å²) in [6.45, 7) is 1.90. The molecule has 1 aromatic heterocycles. The standard InChI is InChI=1S/C20H21FN4O3S/c21-15-5-7-16(8-6-15)25-20(26)18-4-2-1-3-17(18)19(23-25)24-12-10-14(13-24)9-11-22-29(27)28/h1-8,14,22H,9-13H2,(H,27,28)/p-1. The third kappa shape index (κ3) is 4.21. The number of anilines is 1. The molecule has 7 nitrogen and oxygen atoms in total. The fraction of sp³-hybridized carbons (Fsp3) is 0.300. The van der Waals surface area contributed by atoms with Crippen molar-refractivity contribution in [3.63, 3.8) is 0 Å². The minimum Gasteiger partial charge on any atom is -0.760 e. The Morgan fingerprint density at radius 3 is 2.62 bits per heavy atom. The second-order valence-electron chi connectivity index (χ2n) is 7.08. The zero-order valence-corrected chi connectivity index (χ0v) is 16.4. The van der Waals surface area contributed by atoms with E-state index in [1.54, 1.807) is 6.07 Å². The number of benzene rings is 2. The Hall–Kier alpha value is -2.62. The number of hydrogen-bond donors (Lipinski definition) is 1. The number of nitrogens with one attached hydrogen (secondary N) is 1. The molecule has 1 aliphatic heterocycles. The van der Waals surface area contributed by atoms with Gasteiger partial charge < -0.3 is 9.45 Å². The third-order valence-corrected chi connectivity index (χ3v) is 5.65. The fourth-order valence-corrected chi connectivity index (χ4v) is 4.06. The summed E-state index contributed by atoms with van der Waals surface area (Å²) in [4.78, 5) is 15.1. The first-order chi connectivity index (χ1) is 14.0. The van der Waals surface area contributed by atoms with Gasteiger partial charge in [0.25, 0.3) is 5.56 Å². The van der Waals surface area contributed by atoms with Crippen LogP contribution in [0.25, 0.3) is 16.5 Å². The minimum atomic E-state index is -2.25. The summed E-state index contributed by atoms with van der Waals surface area (Å²) in [5.41, 5.74) is 0.245. The monoisotopic (exact) mass is 415 g/mol. The number of rotatable bonds is 6. The predicted octanol–water partition coefficient (Wildman–Crippen LogP) is 2.12. The van der Waals surface area contributed by atoms with Crippen LogP contribution in [-0.2, 0) is 11.3 Å². The molecule has 0 amide bonds. The Morgan fingerprint density at radius 2 is 1.90 bits per heavy atom. The highest BCUT2D eigenvalue weighted by molar-refractivity contribution is 7.77. The number of hydrogen-bond acceptors (Lipinski definition) is 5. The molecule has 1 saturated heterocycles. The van der Waals surface area contributed by atoms with Crippen LogP contribution in [-0.4, -0.2) is 38.2 Å². The van der Waals surface area contributed by atoms with Gasteiger partial charge in [0.05, 0.1) is 11.1 Å². The minimum absolute atomic E-state index is 0.256. The smallest absolute Gasteiger partial charge is 0.279 e. The van der Waals surface area contributed by atoms with Crippen molar-refractivity contribution in [2.24, 2.45) is 5.92 Å². The lowest BCUT2D eigenvalue weighted by Crippen LogP contribution is -2.28. The van der Waals surface area contributed by atoms with Crippen molar-refractivity contribution < 1.29 is 13.2 Å². The summed E-state index contributed by atoms with van der Waals surface area (Å²) in [7, 11) is 0. The molecular weight excluding hydrogens is 395 g/mol. The lowest BCUT2D eigenvalue weighted by Gasteiger charge is -2.21. The molecule has 0 spiro atoms. The second kappa shape index (κ2) is 8.40. The molecule has 0 bridgehead atoms. The summed E-state index contributed by atoms with van der Waals surface area (Å²) in [5, 5.41) is 5.94. The number of nitrogens with zero attached hydrogens (tertiary/aromatic N) is 3. The van der Waals surface area contributed by atoms with E-state index in [0.717, 1.165) is 31.3 Å². The molecule has 2 aromatic carbocycles. The third-order valence-electron chi connectivity index (χ3n) is 5.21. The van der Waals surface area contributed by atoms with Gasteiger partial charge in [-0.05, 0) is 49.1 Å². The lowest BCUT2D eigenvalue weighted by atomic mass is 10.1. The van der Waals surface area contributed by atoms with Crippen LogP contribution in [0.15, 0.2) is 53.3 Å². The summed E-state index contributed by atoms with van der Waals surface area (Å²) in [6.07, 6.45) is 1.65. The maximum Gasteiger partial charge on any atom is 0.279 e. The maximum absolute atomic E-state index is 13.3. The van der Waals surface area contributed by atoms with E-state index in [4.69, 9.17) is 0 Å². The van der Waals surface area contributed by atoms with Crippen LogP contribution in [0.5, 0.6) is 0 Å². The van der Waals surface area contributed by atoms with Gasteiger partial charge in [0.15, 0.2) is 5.82 Å². The van der Waals surface area contributed by atoms with Crippen LogP contribution in [0.2, 0.25) is 0 Å². The van der Waals surface area contributed by atoms with Crippen molar-refractivity contribution in [1.29, 1.82) is 0 Å². The van der Waals surface area contributed by atoms with E-state index in [1.165, 1.54) is 28.9 Å². The Morgan fingerprint density at radius 1 is 1.17 bits per heavy atom. The molecule has 2 heterocycles. The molecular formula is C20H20FN4O3S-. The fourth-order valence-electron chi connectivity index (χ4n) is 3.77. The molecule has 4 rings (SSSR count). The Kier molecular flexibility index (Phi) is 5.70.